The molecule has 1 heterocycles. The number of tetrazole rings is 1. The molecule has 0 fully saturated rings. The minimum absolute atomic E-state index is 0.128. The third kappa shape index (κ3) is 2.00. The second kappa shape index (κ2) is 3.94. The van der Waals surface area contributed by atoms with Gasteiger partial charge in [-0.2, -0.15) is 0 Å². The Bertz CT molecular complexity index is 346. The molecule has 0 N–H and O–H groups in total. The fourth-order valence-corrected chi connectivity index (χ4v) is 0.805. The minimum atomic E-state index is -0.778. The van der Waals surface area contributed by atoms with Crippen LogP contribution in [0.5, 0.6) is 0 Å². The Kier molecular flexibility index (Phi) is 2.91. The number of nitrogens with zero attached hydrogens (tertiary/aromatic N) is 5. The Hall–Kier alpha value is -1.50. The van der Waals surface area contributed by atoms with Gasteiger partial charge in [0.25, 0.3) is 5.24 Å². The molecule has 0 atom stereocenters. The zero-order valence-electron chi connectivity index (χ0n) is 6.93. The van der Waals surface area contributed by atoms with E-state index in [0.717, 1.165) is 0 Å². The highest BCUT2D eigenvalue weighted by atomic mass is 35.5. The third-order valence-electron chi connectivity index (χ3n) is 1.20. The smallest absolute Gasteiger partial charge is 0.278 e. The molecule has 0 aliphatic rings. The quantitative estimate of drug-likeness (QED) is 0.370. The highest BCUT2D eigenvalue weighted by Crippen LogP contribution is 1.98. The number of aryl methyl sites for hydroxylation is 1. The van der Waals surface area contributed by atoms with Crippen molar-refractivity contribution in [3.63, 3.8) is 0 Å². The van der Waals surface area contributed by atoms with Gasteiger partial charge in [0, 0.05) is 7.05 Å². The van der Waals surface area contributed by atoms with Gasteiger partial charge in [-0.15, -0.1) is 5.10 Å². The zero-order valence-corrected chi connectivity index (χ0v) is 7.69. The van der Waals surface area contributed by atoms with E-state index in [0.29, 0.717) is 0 Å². The number of hydrogen-bond acceptors (Lipinski definition) is 6. The van der Waals surface area contributed by atoms with Crippen molar-refractivity contribution < 1.29 is 9.63 Å². The van der Waals surface area contributed by atoms with Gasteiger partial charge in [0.1, 0.15) is 7.11 Å². The molecule has 1 aromatic rings. The number of halogens is 1. The first kappa shape index (κ1) is 9.59. The molecule has 0 unspecified atom stereocenters. The third-order valence-corrected chi connectivity index (χ3v) is 1.38. The molecule has 0 bridgehead atoms. The summed E-state index contributed by atoms with van der Waals surface area (Å²) >= 11 is 5.23. The van der Waals surface area contributed by atoms with E-state index in [1.54, 1.807) is 7.05 Å². The number of carbonyl (C=O) groups is 1. The van der Waals surface area contributed by atoms with Crippen molar-refractivity contribution in [3.8, 4) is 0 Å². The largest absolute Gasteiger partial charge is 0.398 e. The maximum Gasteiger partial charge on any atom is 0.278 e. The summed E-state index contributed by atoms with van der Waals surface area (Å²) in [7, 11) is 2.85. The van der Waals surface area contributed by atoms with Crippen molar-refractivity contribution in [3.05, 3.63) is 5.82 Å². The fraction of sp³-hybridized carbons (Fsp3) is 0.400. The SMILES string of the molecule is CO/N=C(\C(=O)Cl)c1nnnn1C. The van der Waals surface area contributed by atoms with E-state index in [1.165, 1.54) is 11.8 Å². The Morgan fingerprint density at radius 3 is 2.77 bits per heavy atom. The maximum atomic E-state index is 10.8. The number of carbonyl (C=O) groups excluding carboxylic acids is 1. The van der Waals surface area contributed by atoms with Crippen molar-refractivity contribution in [2.45, 2.75) is 0 Å². The van der Waals surface area contributed by atoms with Crippen LogP contribution in [0.25, 0.3) is 0 Å². The van der Waals surface area contributed by atoms with Crippen LogP contribution < -0.4 is 0 Å². The molecule has 0 amide bonds. The molecule has 0 spiro atoms. The van der Waals surface area contributed by atoms with Crippen LogP contribution >= 0.6 is 11.6 Å². The van der Waals surface area contributed by atoms with Crippen molar-refractivity contribution in [1.29, 1.82) is 0 Å². The molecule has 0 aromatic carbocycles. The van der Waals surface area contributed by atoms with Crippen molar-refractivity contribution in [2.75, 3.05) is 7.11 Å². The van der Waals surface area contributed by atoms with Crippen LogP contribution in [0.4, 0.5) is 0 Å². The summed E-state index contributed by atoms with van der Waals surface area (Å²) in [6.07, 6.45) is 0. The second-order valence-electron chi connectivity index (χ2n) is 2.02. The molecule has 0 aliphatic carbocycles. The highest BCUT2D eigenvalue weighted by Gasteiger charge is 2.18. The lowest BCUT2D eigenvalue weighted by Gasteiger charge is -1.96. The fourth-order valence-electron chi connectivity index (χ4n) is 0.686. The summed E-state index contributed by atoms with van der Waals surface area (Å²) < 4.78 is 1.26. The van der Waals surface area contributed by atoms with Gasteiger partial charge in [-0.05, 0) is 22.0 Å². The van der Waals surface area contributed by atoms with E-state index in [9.17, 15) is 4.79 Å². The first-order valence-corrected chi connectivity index (χ1v) is 3.58. The van der Waals surface area contributed by atoms with Gasteiger partial charge in [0.05, 0.1) is 0 Å². The van der Waals surface area contributed by atoms with Gasteiger partial charge in [0.2, 0.25) is 11.5 Å². The standard InChI is InChI=1S/C5H6ClN5O2/c1-11-5(7-9-10-11)3(4(6)12)8-13-2/h1-2H3/b8-3+. The average molecular weight is 204 g/mol. The van der Waals surface area contributed by atoms with E-state index in [-0.39, 0.29) is 11.5 Å². The van der Waals surface area contributed by atoms with Crippen LogP contribution in [-0.2, 0) is 16.7 Å². The van der Waals surface area contributed by atoms with E-state index in [1.807, 2.05) is 0 Å². The second-order valence-corrected chi connectivity index (χ2v) is 2.37. The first-order chi connectivity index (χ1) is 6.16. The van der Waals surface area contributed by atoms with Crippen LogP contribution in [0.2, 0.25) is 0 Å². The van der Waals surface area contributed by atoms with Crippen LogP contribution in [0.3, 0.4) is 0 Å². The summed E-state index contributed by atoms with van der Waals surface area (Å²) in [5, 5.41) is 13.0. The van der Waals surface area contributed by atoms with E-state index in [4.69, 9.17) is 11.6 Å². The van der Waals surface area contributed by atoms with Gasteiger partial charge in [-0.3, -0.25) is 4.79 Å². The predicted octanol–water partition coefficient (Wildman–Crippen LogP) is -0.674. The summed E-state index contributed by atoms with van der Waals surface area (Å²) in [6.45, 7) is 0. The summed E-state index contributed by atoms with van der Waals surface area (Å²) in [6, 6.07) is 0. The normalized spacial score (nSPS) is 11.5. The molecular weight excluding hydrogens is 198 g/mol. The Balaban J connectivity index is 3.10. The lowest BCUT2D eigenvalue weighted by atomic mass is 10.4. The van der Waals surface area contributed by atoms with Crippen molar-refractivity contribution >= 4 is 22.6 Å². The van der Waals surface area contributed by atoms with Crippen molar-refractivity contribution in [2.24, 2.45) is 12.2 Å². The number of aromatic nitrogens is 4. The lowest BCUT2D eigenvalue weighted by molar-refractivity contribution is -0.106. The number of rotatable bonds is 3. The van der Waals surface area contributed by atoms with Crippen molar-refractivity contribution in [1.82, 2.24) is 20.2 Å². The molecule has 1 aromatic heterocycles. The monoisotopic (exact) mass is 203 g/mol. The van der Waals surface area contributed by atoms with Gasteiger partial charge in [0.15, 0.2) is 0 Å². The van der Waals surface area contributed by atoms with E-state index in [2.05, 4.69) is 25.5 Å². The van der Waals surface area contributed by atoms with Crippen LogP contribution in [-0.4, -0.2) is 38.3 Å². The first-order valence-electron chi connectivity index (χ1n) is 3.20. The summed E-state index contributed by atoms with van der Waals surface area (Å²) in [4.78, 5) is 15.2. The molecule has 0 aliphatic heterocycles. The highest BCUT2D eigenvalue weighted by molar-refractivity contribution is 6.83. The molecule has 7 nitrogen and oxygen atoms in total. The predicted molar refractivity (Wildman–Crippen MR) is 43.2 cm³/mol. The average Bonchev–Trinajstić information content (AvgIpc) is 2.47. The Morgan fingerprint density at radius 1 is 1.69 bits per heavy atom. The van der Waals surface area contributed by atoms with Crippen LogP contribution in [0.15, 0.2) is 5.16 Å². The zero-order chi connectivity index (χ0) is 9.84. The van der Waals surface area contributed by atoms with Gasteiger partial charge in [-0.25, -0.2) is 4.68 Å². The Morgan fingerprint density at radius 2 is 2.38 bits per heavy atom. The molecule has 13 heavy (non-hydrogen) atoms. The Labute approximate surface area is 78.3 Å². The van der Waals surface area contributed by atoms with Gasteiger partial charge >= 0.3 is 0 Å². The van der Waals surface area contributed by atoms with E-state index < -0.39 is 5.24 Å². The molecule has 8 heteroatoms. The molecule has 0 radical (unpaired) electrons. The minimum Gasteiger partial charge on any atom is -0.398 e. The number of oxime groups is 1. The summed E-state index contributed by atoms with van der Waals surface area (Å²) in [5.41, 5.74) is -0.128. The molecule has 0 saturated carbocycles. The number of hydrogen-bond donors (Lipinski definition) is 0. The maximum absolute atomic E-state index is 10.8. The molecule has 0 saturated heterocycles. The molecule has 1 rings (SSSR count). The topological polar surface area (TPSA) is 82.3 Å². The van der Waals surface area contributed by atoms with Crippen LogP contribution in [0, 0.1) is 0 Å². The summed E-state index contributed by atoms with van der Waals surface area (Å²) in [5.74, 6) is 0.154. The molecular formula is C5H6ClN5O2. The van der Waals surface area contributed by atoms with Crippen LogP contribution in [0.1, 0.15) is 5.82 Å². The molecule has 70 valence electrons. The lowest BCUT2D eigenvalue weighted by Crippen LogP contribution is -2.16. The van der Waals surface area contributed by atoms with E-state index >= 15 is 0 Å². The van der Waals surface area contributed by atoms with Gasteiger partial charge in [-0.1, -0.05) is 5.16 Å². The van der Waals surface area contributed by atoms with Gasteiger partial charge < -0.3 is 4.84 Å².